The highest BCUT2D eigenvalue weighted by molar-refractivity contribution is 8.00. The van der Waals surface area contributed by atoms with E-state index in [1.54, 1.807) is 23.9 Å². The molecule has 0 aliphatic carbocycles. The molecule has 3 aromatic carbocycles. The standard InChI is InChI=1S/C25H21ClN4O2S2/c1-2-29-23(15-32-18-13-11-17(26)12-14-18)27-28-25(29)33-16-24(31)30-19-7-3-5-9-21(19)34-22-10-6-4-8-20(22)30/h3-14H,2,15-16H2,1H3. The Morgan fingerprint density at radius 2 is 1.62 bits per heavy atom. The van der Waals surface area contributed by atoms with Gasteiger partial charge in [-0.3, -0.25) is 9.69 Å². The van der Waals surface area contributed by atoms with Crippen LogP contribution < -0.4 is 9.64 Å². The van der Waals surface area contributed by atoms with Crippen LogP contribution in [0.4, 0.5) is 11.4 Å². The maximum Gasteiger partial charge on any atom is 0.242 e. The van der Waals surface area contributed by atoms with E-state index in [1.165, 1.54) is 11.8 Å². The number of aromatic nitrogens is 3. The van der Waals surface area contributed by atoms with Gasteiger partial charge in [-0.25, -0.2) is 0 Å². The Balaban J connectivity index is 1.31. The van der Waals surface area contributed by atoms with Crippen LogP contribution in [0.1, 0.15) is 12.7 Å². The summed E-state index contributed by atoms with van der Waals surface area (Å²) in [6.07, 6.45) is 0. The molecule has 5 rings (SSSR count). The van der Waals surface area contributed by atoms with Crippen LogP contribution in [0, 0.1) is 0 Å². The van der Waals surface area contributed by atoms with Crippen molar-refractivity contribution in [3.8, 4) is 5.75 Å². The van der Waals surface area contributed by atoms with E-state index in [0.717, 1.165) is 21.2 Å². The van der Waals surface area contributed by atoms with E-state index in [2.05, 4.69) is 10.2 Å². The Hall–Kier alpha value is -2.94. The first-order chi connectivity index (χ1) is 16.6. The summed E-state index contributed by atoms with van der Waals surface area (Å²) >= 11 is 9.00. The van der Waals surface area contributed by atoms with Gasteiger partial charge in [0.1, 0.15) is 12.4 Å². The number of para-hydroxylation sites is 2. The summed E-state index contributed by atoms with van der Waals surface area (Å²) in [5.74, 6) is 1.65. The number of thioether (sulfide) groups is 1. The Morgan fingerprint density at radius 3 is 2.26 bits per heavy atom. The molecular weight excluding hydrogens is 488 g/mol. The van der Waals surface area contributed by atoms with Crippen LogP contribution in [0.3, 0.4) is 0 Å². The summed E-state index contributed by atoms with van der Waals surface area (Å²) in [5, 5.41) is 9.96. The summed E-state index contributed by atoms with van der Waals surface area (Å²) in [4.78, 5) is 17.4. The molecule has 1 aromatic heterocycles. The van der Waals surface area contributed by atoms with Crippen LogP contribution >= 0.6 is 35.1 Å². The first-order valence-corrected chi connectivity index (χ1v) is 12.9. The van der Waals surface area contributed by atoms with Gasteiger partial charge in [0.15, 0.2) is 11.0 Å². The molecule has 0 radical (unpaired) electrons. The minimum atomic E-state index is -0.00480. The average molecular weight is 509 g/mol. The summed E-state index contributed by atoms with van der Waals surface area (Å²) in [6, 6.07) is 23.2. The predicted octanol–water partition coefficient (Wildman–Crippen LogP) is 6.45. The zero-order valence-corrected chi connectivity index (χ0v) is 20.7. The SMILES string of the molecule is CCn1c(COc2ccc(Cl)cc2)nnc1SCC(=O)N1c2ccccc2Sc2ccccc21. The van der Waals surface area contributed by atoms with Gasteiger partial charge in [-0.1, -0.05) is 59.4 Å². The third-order valence-electron chi connectivity index (χ3n) is 5.30. The van der Waals surface area contributed by atoms with Crippen LogP contribution in [0.5, 0.6) is 5.75 Å². The van der Waals surface area contributed by atoms with Crippen molar-refractivity contribution in [2.75, 3.05) is 10.7 Å². The Morgan fingerprint density at radius 1 is 0.971 bits per heavy atom. The lowest BCUT2D eigenvalue weighted by molar-refractivity contribution is -0.115. The van der Waals surface area contributed by atoms with E-state index >= 15 is 0 Å². The van der Waals surface area contributed by atoms with Gasteiger partial charge in [0.25, 0.3) is 0 Å². The van der Waals surface area contributed by atoms with Crippen LogP contribution in [0.25, 0.3) is 0 Å². The summed E-state index contributed by atoms with van der Waals surface area (Å²) in [6.45, 7) is 2.98. The Kier molecular flexibility index (Phi) is 6.80. The lowest BCUT2D eigenvalue weighted by Crippen LogP contribution is -2.30. The maximum atomic E-state index is 13.4. The van der Waals surface area contributed by atoms with Gasteiger partial charge < -0.3 is 9.30 Å². The highest BCUT2D eigenvalue weighted by atomic mass is 35.5. The van der Waals surface area contributed by atoms with E-state index in [1.807, 2.05) is 77.1 Å². The Bertz CT molecular complexity index is 1280. The molecule has 2 heterocycles. The fraction of sp³-hybridized carbons (Fsp3) is 0.160. The summed E-state index contributed by atoms with van der Waals surface area (Å²) in [7, 11) is 0. The molecule has 1 aliphatic heterocycles. The van der Waals surface area contributed by atoms with E-state index in [9.17, 15) is 4.79 Å². The quantitative estimate of drug-likeness (QED) is 0.267. The second-order valence-corrected chi connectivity index (χ2v) is 9.90. The predicted molar refractivity (Wildman–Crippen MR) is 136 cm³/mol. The van der Waals surface area contributed by atoms with Gasteiger partial charge in [0, 0.05) is 21.4 Å². The number of carbonyl (C=O) groups is 1. The molecule has 172 valence electrons. The fourth-order valence-corrected chi connectivity index (χ4v) is 5.75. The fourth-order valence-electron chi connectivity index (χ4n) is 3.69. The number of hydrogen-bond donors (Lipinski definition) is 0. The van der Waals surface area contributed by atoms with Crippen molar-refractivity contribution < 1.29 is 9.53 Å². The monoisotopic (exact) mass is 508 g/mol. The van der Waals surface area contributed by atoms with E-state index < -0.39 is 0 Å². The number of ether oxygens (including phenoxy) is 1. The van der Waals surface area contributed by atoms with Crippen molar-refractivity contribution in [1.29, 1.82) is 0 Å². The molecule has 0 atom stereocenters. The number of fused-ring (bicyclic) bond motifs is 2. The summed E-state index contributed by atoms with van der Waals surface area (Å²) < 4.78 is 7.81. The molecule has 0 fully saturated rings. The largest absolute Gasteiger partial charge is 0.486 e. The molecule has 0 unspecified atom stereocenters. The molecule has 9 heteroatoms. The smallest absolute Gasteiger partial charge is 0.242 e. The van der Waals surface area contributed by atoms with E-state index in [4.69, 9.17) is 16.3 Å². The molecule has 0 bridgehead atoms. The molecule has 0 saturated carbocycles. The minimum absolute atomic E-state index is 0.00480. The number of nitrogens with zero attached hydrogens (tertiary/aromatic N) is 4. The van der Waals surface area contributed by atoms with Crippen LogP contribution in [-0.4, -0.2) is 26.4 Å². The van der Waals surface area contributed by atoms with Crippen molar-refractivity contribution >= 4 is 52.4 Å². The first kappa shape index (κ1) is 22.8. The highest BCUT2D eigenvalue weighted by Crippen LogP contribution is 2.48. The molecule has 34 heavy (non-hydrogen) atoms. The molecule has 1 amide bonds. The van der Waals surface area contributed by atoms with Crippen molar-refractivity contribution in [2.45, 2.75) is 35.0 Å². The second kappa shape index (κ2) is 10.1. The maximum absolute atomic E-state index is 13.4. The molecule has 0 N–H and O–H groups in total. The van der Waals surface area contributed by atoms with E-state index in [-0.39, 0.29) is 18.3 Å². The first-order valence-electron chi connectivity index (χ1n) is 10.8. The number of carbonyl (C=O) groups excluding carboxylic acids is 1. The highest BCUT2D eigenvalue weighted by Gasteiger charge is 2.28. The van der Waals surface area contributed by atoms with Gasteiger partial charge in [0.2, 0.25) is 5.91 Å². The zero-order chi connectivity index (χ0) is 23.5. The number of amides is 1. The third kappa shape index (κ3) is 4.66. The molecule has 1 aliphatic rings. The van der Waals surface area contributed by atoms with Crippen LogP contribution in [0.15, 0.2) is 87.7 Å². The number of rotatable bonds is 7. The van der Waals surface area contributed by atoms with Crippen molar-refractivity contribution in [1.82, 2.24) is 14.8 Å². The number of halogens is 1. The van der Waals surface area contributed by atoms with Gasteiger partial charge in [-0.05, 0) is 55.5 Å². The zero-order valence-electron chi connectivity index (χ0n) is 18.3. The molecule has 4 aromatic rings. The van der Waals surface area contributed by atoms with Crippen LogP contribution in [-0.2, 0) is 17.9 Å². The molecular formula is C25H21ClN4O2S2. The van der Waals surface area contributed by atoms with Crippen molar-refractivity contribution in [3.05, 3.63) is 83.6 Å². The van der Waals surface area contributed by atoms with Crippen molar-refractivity contribution in [2.24, 2.45) is 0 Å². The summed E-state index contributed by atoms with van der Waals surface area (Å²) in [5.41, 5.74) is 1.82. The lowest BCUT2D eigenvalue weighted by Gasteiger charge is -2.30. The number of anilines is 2. The van der Waals surface area contributed by atoms with E-state index in [0.29, 0.717) is 28.3 Å². The van der Waals surface area contributed by atoms with Gasteiger partial charge in [0.05, 0.1) is 17.1 Å². The average Bonchev–Trinajstić information content (AvgIpc) is 3.27. The number of benzene rings is 3. The Labute approximate surface area is 211 Å². The molecule has 0 saturated heterocycles. The van der Waals surface area contributed by atoms with Crippen LogP contribution in [0.2, 0.25) is 5.02 Å². The minimum Gasteiger partial charge on any atom is -0.486 e. The molecule has 0 spiro atoms. The second-order valence-electron chi connectivity index (χ2n) is 7.44. The lowest BCUT2D eigenvalue weighted by atomic mass is 10.2. The topological polar surface area (TPSA) is 60.2 Å². The van der Waals surface area contributed by atoms with Crippen molar-refractivity contribution in [3.63, 3.8) is 0 Å². The normalized spacial score (nSPS) is 12.2. The van der Waals surface area contributed by atoms with Gasteiger partial charge >= 0.3 is 0 Å². The third-order valence-corrected chi connectivity index (χ3v) is 7.63. The van der Waals surface area contributed by atoms with Gasteiger partial charge in [-0.15, -0.1) is 10.2 Å². The molecule has 6 nitrogen and oxygen atoms in total. The van der Waals surface area contributed by atoms with Gasteiger partial charge in [-0.2, -0.15) is 0 Å². The number of hydrogen-bond acceptors (Lipinski definition) is 6.